The normalized spacial score (nSPS) is 10.2. The molecular formula is C13H9ClFNO2. The largest absolute Gasteiger partial charge is 0.494 e. The van der Waals surface area contributed by atoms with Crippen LogP contribution in [-0.4, -0.2) is 17.9 Å². The zero-order chi connectivity index (χ0) is 13.1. The molecule has 0 spiro atoms. The number of carbonyl (C=O) groups is 1. The van der Waals surface area contributed by atoms with Gasteiger partial charge in [-0.3, -0.25) is 9.78 Å². The maximum absolute atomic E-state index is 13.9. The van der Waals surface area contributed by atoms with Gasteiger partial charge in [-0.15, -0.1) is 0 Å². The third-order valence-corrected chi connectivity index (χ3v) is 2.61. The molecule has 0 atom stereocenters. The van der Waals surface area contributed by atoms with Crippen molar-refractivity contribution in [3.63, 3.8) is 0 Å². The highest BCUT2D eigenvalue weighted by Crippen LogP contribution is 2.22. The average Bonchev–Trinajstić information content (AvgIpc) is 2.39. The van der Waals surface area contributed by atoms with Crippen molar-refractivity contribution in [2.24, 2.45) is 0 Å². The highest BCUT2D eigenvalue weighted by atomic mass is 35.5. The van der Waals surface area contributed by atoms with Crippen LogP contribution in [0.5, 0.6) is 5.75 Å². The molecule has 0 saturated carbocycles. The minimum atomic E-state index is -0.693. The number of benzene rings is 1. The summed E-state index contributed by atoms with van der Waals surface area (Å²) in [6.45, 7) is 0. The maximum Gasteiger partial charge on any atom is 0.214 e. The zero-order valence-corrected chi connectivity index (χ0v) is 10.2. The van der Waals surface area contributed by atoms with Crippen LogP contribution in [0, 0.1) is 5.82 Å². The zero-order valence-electron chi connectivity index (χ0n) is 9.48. The van der Waals surface area contributed by atoms with E-state index in [1.165, 1.54) is 37.6 Å². The van der Waals surface area contributed by atoms with Crippen LogP contribution >= 0.6 is 11.6 Å². The van der Waals surface area contributed by atoms with Gasteiger partial charge in [0, 0.05) is 6.20 Å². The second-order valence-corrected chi connectivity index (χ2v) is 3.95. The molecule has 0 saturated heterocycles. The van der Waals surface area contributed by atoms with Crippen LogP contribution in [0.4, 0.5) is 4.39 Å². The Morgan fingerprint density at radius 3 is 2.72 bits per heavy atom. The molecule has 92 valence electrons. The molecule has 1 heterocycles. The number of hydrogen-bond donors (Lipinski definition) is 0. The molecule has 0 bridgehead atoms. The van der Waals surface area contributed by atoms with Crippen molar-refractivity contribution in [3.8, 4) is 5.75 Å². The van der Waals surface area contributed by atoms with Crippen molar-refractivity contribution >= 4 is 17.4 Å². The van der Waals surface area contributed by atoms with Gasteiger partial charge in [0.2, 0.25) is 5.78 Å². The standard InChI is InChI=1S/C13H9ClFNO2/c1-18-11-4-2-3-9(12(11)15)13(17)10-6-5-8(14)7-16-10/h2-7H,1H3. The molecule has 0 aliphatic carbocycles. The predicted octanol–water partition coefficient (Wildman–Crippen LogP) is 3.11. The lowest BCUT2D eigenvalue weighted by Crippen LogP contribution is -2.07. The molecule has 0 unspecified atom stereocenters. The highest BCUT2D eigenvalue weighted by molar-refractivity contribution is 6.30. The minimum absolute atomic E-state index is 0.0230. The number of rotatable bonds is 3. The van der Waals surface area contributed by atoms with Gasteiger partial charge in [0.05, 0.1) is 17.7 Å². The van der Waals surface area contributed by atoms with E-state index in [9.17, 15) is 9.18 Å². The monoisotopic (exact) mass is 265 g/mol. The number of halogens is 2. The molecule has 1 aromatic carbocycles. The molecule has 2 rings (SSSR count). The SMILES string of the molecule is COc1cccc(C(=O)c2ccc(Cl)cn2)c1F. The second-order valence-electron chi connectivity index (χ2n) is 3.51. The van der Waals surface area contributed by atoms with Crippen LogP contribution < -0.4 is 4.74 Å². The van der Waals surface area contributed by atoms with E-state index >= 15 is 0 Å². The summed E-state index contributed by atoms with van der Waals surface area (Å²) in [4.78, 5) is 15.9. The van der Waals surface area contributed by atoms with Gasteiger partial charge >= 0.3 is 0 Å². The van der Waals surface area contributed by atoms with Crippen molar-refractivity contribution in [1.29, 1.82) is 0 Å². The van der Waals surface area contributed by atoms with Crippen LogP contribution in [0.2, 0.25) is 5.02 Å². The van der Waals surface area contributed by atoms with Gasteiger partial charge in [-0.2, -0.15) is 0 Å². The van der Waals surface area contributed by atoms with Crippen LogP contribution in [0.3, 0.4) is 0 Å². The number of pyridine rings is 1. The Kier molecular flexibility index (Phi) is 3.58. The fourth-order valence-corrected chi connectivity index (χ4v) is 1.60. The van der Waals surface area contributed by atoms with Crippen molar-refractivity contribution < 1.29 is 13.9 Å². The molecule has 0 fully saturated rings. The van der Waals surface area contributed by atoms with Crippen molar-refractivity contribution in [2.75, 3.05) is 7.11 Å². The van der Waals surface area contributed by atoms with E-state index in [0.29, 0.717) is 5.02 Å². The summed E-state index contributed by atoms with van der Waals surface area (Å²) in [5.74, 6) is -1.18. The third kappa shape index (κ3) is 2.33. The number of aromatic nitrogens is 1. The molecule has 3 nitrogen and oxygen atoms in total. The van der Waals surface area contributed by atoms with Crippen molar-refractivity contribution in [2.45, 2.75) is 0 Å². The Morgan fingerprint density at radius 1 is 1.33 bits per heavy atom. The quantitative estimate of drug-likeness (QED) is 0.801. The lowest BCUT2D eigenvalue weighted by Gasteiger charge is -2.06. The lowest BCUT2D eigenvalue weighted by molar-refractivity contribution is 0.103. The smallest absolute Gasteiger partial charge is 0.214 e. The van der Waals surface area contributed by atoms with Gasteiger partial charge in [0.25, 0.3) is 0 Å². The topological polar surface area (TPSA) is 39.2 Å². The Morgan fingerprint density at radius 2 is 2.11 bits per heavy atom. The summed E-state index contributed by atoms with van der Waals surface area (Å²) in [5.41, 5.74) is 0.0516. The van der Waals surface area contributed by atoms with Gasteiger partial charge in [-0.1, -0.05) is 17.7 Å². The van der Waals surface area contributed by atoms with Crippen LogP contribution in [0.25, 0.3) is 0 Å². The highest BCUT2D eigenvalue weighted by Gasteiger charge is 2.17. The fraction of sp³-hybridized carbons (Fsp3) is 0.0769. The number of methoxy groups -OCH3 is 1. The average molecular weight is 266 g/mol. The Labute approximate surface area is 108 Å². The van der Waals surface area contributed by atoms with E-state index in [0.717, 1.165) is 0 Å². The Hall–Kier alpha value is -1.94. The molecule has 0 N–H and O–H groups in total. The molecule has 1 aromatic heterocycles. The molecule has 5 heteroatoms. The van der Waals surface area contributed by atoms with E-state index in [4.69, 9.17) is 16.3 Å². The molecule has 0 radical (unpaired) electrons. The Balaban J connectivity index is 2.43. The molecule has 0 amide bonds. The first-order valence-electron chi connectivity index (χ1n) is 5.12. The van der Waals surface area contributed by atoms with E-state index in [1.54, 1.807) is 6.07 Å². The van der Waals surface area contributed by atoms with Crippen molar-refractivity contribution in [3.05, 3.63) is 58.6 Å². The van der Waals surface area contributed by atoms with Gasteiger partial charge in [-0.25, -0.2) is 4.39 Å². The summed E-state index contributed by atoms with van der Waals surface area (Å²) < 4.78 is 18.7. The Bertz CT molecular complexity index is 584. The second kappa shape index (κ2) is 5.14. The van der Waals surface area contributed by atoms with E-state index in [-0.39, 0.29) is 17.0 Å². The first-order valence-corrected chi connectivity index (χ1v) is 5.50. The fourth-order valence-electron chi connectivity index (χ4n) is 1.49. The first kappa shape index (κ1) is 12.5. The minimum Gasteiger partial charge on any atom is -0.494 e. The summed E-state index contributed by atoms with van der Waals surface area (Å²) >= 11 is 5.67. The molecule has 0 aliphatic rings. The summed E-state index contributed by atoms with van der Waals surface area (Å²) in [5, 5.41) is 0.415. The maximum atomic E-state index is 13.9. The summed E-state index contributed by atoms with van der Waals surface area (Å²) in [6, 6.07) is 7.35. The van der Waals surface area contributed by atoms with E-state index < -0.39 is 11.6 Å². The number of hydrogen-bond acceptors (Lipinski definition) is 3. The molecule has 2 aromatic rings. The lowest BCUT2D eigenvalue weighted by atomic mass is 10.1. The van der Waals surface area contributed by atoms with Crippen LogP contribution in [0.15, 0.2) is 36.5 Å². The number of ether oxygens (including phenoxy) is 1. The molecule has 0 aliphatic heterocycles. The molecular weight excluding hydrogens is 257 g/mol. The number of nitrogens with zero attached hydrogens (tertiary/aromatic N) is 1. The number of ketones is 1. The van der Waals surface area contributed by atoms with Gasteiger partial charge in [0.1, 0.15) is 5.69 Å². The van der Waals surface area contributed by atoms with Crippen molar-refractivity contribution in [1.82, 2.24) is 4.98 Å². The first-order chi connectivity index (χ1) is 8.63. The van der Waals surface area contributed by atoms with E-state index in [2.05, 4.69) is 4.98 Å². The summed E-state index contributed by atoms with van der Waals surface area (Å²) in [6.07, 6.45) is 1.34. The number of carbonyl (C=O) groups excluding carboxylic acids is 1. The third-order valence-electron chi connectivity index (χ3n) is 2.39. The van der Waals surface area contributed by atoms with Gasteiger partial charge in [-0.05, 0) is 24.3 Å². The van der Waals surface area contributed by atoms with Gasteiger partial charge in [0.15, 0.2) is 11.6 Å². The van der Waals surface area contributed by atoms with Crippen LogP contribution in [0.1, 0.15) is 16.1 Å². The van der Waals surface area contributed by atoms with E-state index in [1.807, 2.05) is 0 Å². The van der Waals surface area contributed by atoms with Gasteiger partial charge < -0.3 is 4.74 Å². The summed E-state index contributed by atoms with van der Waals surface area (Å²) in [7, 11) is 1.34. The van der Waals surface area contributed by atoms with Crippen LogP contribution in [-0.2, 0) is 0 Å². The molecule has 18 heavy (non-hydrogen) atoms. The predicted molar refractivity (Wildman–Crippen MR) is 65.6 cm³/mol.